The van der Waals surface area contributed by atoms with Gasteiger partial charge < -0.3 is 10.0 Å². The molecule has 0 saturated carbocycles. The second-order valence-electron chi connectivity index (χ2n) is 6.22. The highest BCUT2D eigenvalue weighted by Gasteiger charge is 2.26. The van der Waals surface area contributed by atoms with Crippen LogP contribution >= 0.6 is 0 Å². The zero-order valence-electron chi connectivity index (χ0n) is 13.6. The van der Waals surface area contributed by atoms with Crippen molar-refractivity contribution in [2.24, 2.45) is 5.92 Å². The van der Waals surface area contributed by atoms with E-state index in [9.17, 15) is 14.0 Å². The molecule has 1 fully saturated rings. The Bertz CT molecular complexity index is 760. The van der Waals surface area contributed by atoms with E-state index in [-0.39, 0.29) is 29.8 Å². The topological polar surface area (TPSA) is 88.3 Å². The molecule has 1 aliphatic rings. The molecule has 2 heterocycles. The lowest BCUT2D eigenvalue weighted by molar-refractivity contribution is -0.137. The molecule has 0 aliphatic carbocycles. The van der Waals surface area contributed by atoms with Crippen molar-refractivity contribution in [3.8, 4) is 5.69 Å². The molecule has 25 heavy (non-hydrogen) atoms. The Morgan fingerprint density at radius 1 is 1.28 bits per heavy atom. The summed E-state index contributed by atoms with van der Waals surface area (Å²) in [7, 11) is 0. The van der Waals surface area contributed by atoms with Crippen molar-refractivity contribution in [3.05, 3.63) is 42.0 Å². The average Bonchev–Trinajstić information content (AvgIpc) is 3.10. The standard InChI is InChI=1S/C17H19FN4O3/c18-13-4-6-14(7-5-13)22-11-15(19-20-22)17(25)21-9-1-2-12(10-21)3-8-16(23)24/h4-7,11-12H,1-3,8-10H2,(H,23,24)/t12-/m1/s1. The first-order chi connectivity index (χ1) is 12.0. The number of hydrogen-bond donors (Lipinski definition) is 1. The molecule has 3 rings (SSSR count). The van der Waals surface area contributed by atoms with Crippen molar-refractivity contribution < 1.29 is 19.1 Å². The first-order valence-corrected chi connectivity index (χ1v) is 8.22. The highest BCUT2D eigenvalue weighted by Crippen LogP contribution is 2.22. The number of piperidine rings is 1. The van der Waals surface area contributed by atoms with Crippen LogP contribution in [0.3, 0.4) is 0 Å². The predicted molar refractivity (Wildman–Crippen MR) is 86.8 cm³/mol. The van der Waals surface area contributed by atoms with E-state index in [1.807, 2.05) is 0 Å². The van der Waals surface area contributed by atoms with E-state index in [4.69, 9.17) is 5.11 Å². The first-order valence-electron chi connectivity index (χ1n) is 8.22. The monoisotopic (exact) mass is 346 g/mol. The van der Waals surface area contributed by atoms with Gasteiger partial charge in [-0.1, -0.05) is 5.21 Å². The van der Waals surface area contributed by atoms with Crippen LogP contribution in [0.25, 0.3) is 5.69 Å². The second-order valence-corrected chi connectivity index (χ2v) is 6.22. The van der Waals surface area contributed by atoms with Crippen molar-refractivity contribution in [2.75, 3.05) is 13.1 Å². The van der Waals surface area contributed by atoms with Crippen LogP contribution < -0.4 is 0 Å². The fourth-order valence-electron chi connectivity index (χ4n) is 3.06. The summed E-state index contributed by atoms with van der Waals surface area (Å²) in [5, 5.41) is 16.7. The number of aliphatic carboxylic acids is 1. The van der Waals surface area contributed by atoms with Gasteiger partial charge >= 0.3 is 5.97 Å². The fraction of sp³-hybridized carbons (Fsp3) is 0.412. The maximum absolute atomic E-state index is 13.0. The van der Waals surface area contributed by atoms with E-state index < -0.39 is 5.97 Å². The maximum atomic E-state index is 13.0. The van der Waals surface area contributed by atoms with E-state index in [0.29, 0.717) is 25.2 Å². The first kappa shape index (κ1) is 17.1. The minimum absolute atomic E-state index is 0.118. The van der Waals surface area contributed by atoms with Crippen LogP contribution in [0.15, 0.2) is 30.5 Å². The minimum Gasteiger partial charge on any atom is -0.481 e. The van der Waals surface area contributed by atoms with Crippen molar-refractivity contribution in [1.82, 2.24) is 19.9 Å². The molecule has 1 aliphatic heterocycles. The Labute approximate surface area is 144 Å². The van der Waals surface area contributed by atoms with Crippen LogP contribution in [0.2, 0.25) is 0 Å². The molecule has 0 unspecified atom stereocenters. The number of rotatable bonds is 5. The summed E-state index contributed by atoms with van der Waals surface area (Å²) in [4.78, 5) is 25.0. The second kappa shape index (κ2) is 7.42. The minimum atomic E-state index is -0.814. The number of carbonyl (C=O) groups is 2. The molecule has 1 aromatic carbocycles. The lowest BCUT2D eigenvalue weighted by atomic mass is 9.93. The van der Waals surface area contributed by atoms with Gasteiger partial charge in [-0.05, 0) is 49.4 Å². The van der Waals surface area contributed by atoms with Crippen molar-refractivity contribution in [1.29, 1.82) is 0 Å². The van der Waals surface area contributed by atoms with Gasteiger partial charge in [0, 0.05) is 19.5 Å². The summed E-state index contributed by atoms with van der Waals surface area (Å²) in [6, 6.07) is 5.74. The smallest absolute Gasteiger partial charge is 0.303 e. The van der Waals surface area contributed by atoms with Crippen LogP contribution in [0, 0.1) is 11.7 Å². The normalized spacial score (nSPS) is 17.5. The summed E-state index contributed by atoms with van der Waals surface area (Å²) < 4.78 is 14.4. The lowest BCUT2D eigenvalue weighted by Gasteiger charge is -2.32. The number of carboxylic acids is 1. The molecule has 1 N–H and O–H groups in total. The Kier molecular flexibility index (Phi) is 5.06. The number of halogens is 1. The third-order valence-corrected chi connectivity index (χ3v) is 4.38. The number of amides is 1. The largest absolute Gasteiger partial charge is 0.481 e. The lowest BCUT2D eigenvalue weighted by Crippen LogP contribution is -2.40. The molecule has 1 saturated heterocycles. The third kappa shape index (κ3) is 4.20. The Balaban J connectivity index is 1.66. The van der Waals surface area contributed by atoms with Crippen molar-refractivity contribution >= 4 is 11.9 Å². The summed E-state index contributed by atoms with van der Waals surface area (Å²) >= 11 is 0. The predicted octanol–water partition coefficient (Wildman–Crippen LogP) is 2.12. The molecule has 7 nitrogen and oxygen atoms in total. The summed E-state index contributed by atoms with van der Waals surface area (Å²) in [6.45, 7) is 1.17. The molecule has 132 valence electrons. The fourth-order valence-corrected chi connectivity index (χ4v) is 3.06. The van der Waals surface area contributed by atoms with E-state index >= 15 is 0 Å². The van der Waals surface area contributed by atoms with Crippen LogP contribution in [0.1, 0.15) is 36.2 Å². The SMILES string of the molecule is O=C(O)CC[C@H]1CCCN(C(=O)c2cn(-c3ccc(F)cc3)nn2)C1. The number of hydrogen-bond acceptors (Lipinski definition) is 4. The van der Waals surface area contributed by atoms with Gasteiger partial charge in [-0.25, -0.2) is 9.07 Å². The molecule has 0 bridgehead atoms. The van der Waals surface area contributed by atoms with Crippen LogP contribution in [-0.4, -0.2) is 50.0 Å². The summed E-state index contributed by atoms with van der Waals surface area (Å²) in [6.07, 6.45) is 3.99. The number of nitrogens with zero attached hydrogens (tertiary/aromatic N) is 4. The van der Waals surface area contributed by atoms with Crippen molar-refractivity contribution in [3.63, 3.8) is 0 Å². The van der Waals surface area contributed by atoms with Gasteiger partial charge in [0.2, 0.25) is 0 Å². The summed E-state index contributed by atoms with van der Waals surface area (Å²) in [5.74, 6) is -1.18. The van der Waals surface area contributed by atoms with Gasteiger partial charge in [-0.15, -0.1) is 5.10 Å². The maximum Gasteiger partial charge on any atom is 0.303 e. The number of likely N-dealkylation sites (tertiary alicyclic amines) is 1. The van der Waals surface area contributed by atoms with Crippen molar-refractivity contribution in [2.45, 2.75) is 25.7 Å². The van der Waals surface area contributed by atoms with Gasteiger partial charge in [-0.3, -0.25) is 9.59 Å². The molecule has 1 atom stereocenters. The highest BCUT2D eigenvalue weighted by atomic mass is 19.1. The van der Waals surface area contributed by atoms with Crippen LogP contribution in [0.5, 0.6) is 0 Å². The molecule has 0 spiro atoms. The van der Waals surface area contributed by atoms with Gasteiger partial charge in [0.25, 0.3) is 5.91 Å². The third-order valence-electron chi connectivity index (χ3n) is 4.38. The molecule has 0 radical (unpaired) electrons. The molecule has 8 heteroatoms. The highest BCUT2D eigenvalue weighted by molar-refractivity contribution is 5.92. The zero-order valence-corrected chi connectivity index (χ0v) is 13.6. The Morgan fingerprint density at radius 3 is 2.76 bits per heavy atom. The van der Waals surface area contributed by atoms with E-state index in [0.717, 1.165) is 12.8 Å². The van der Waals surface area contributed by atoms with Crippen LogP contribution in [0.4, 0.5) is 4.39 Å². The van der Waals surface area contributed by atoms with E-state index in [1.165, 1.54) is 23.0 Å². The Hall–Kier alpha value is -2.77. The van der Waals surface area contributed by atoms with E-state index in [2.05, 4.69) is 10.3 Å². The molecule has 1 amide bonds. The molecule has 1 aromatic heterocycles. The average molecular weight is 346 g/mol. The summed E-state index contributed by atoms with van der Waals surface area (Å²) in [5.41, 5.74) is 0.842. The number of aromatic nitrogens is 3. The molecule has 2 aromatic rings. The Morgan fingerprint density at radius 2 is 2.04 bits per heavy atom. The number of carboxylic acid groups (broad SMARTS) is 1. The number of benzene rings is 1. The molecular formula is C17H19FN4O3. The van der Waals surface area contributed by atoms with Gasteiger partial charge in [0.1, 0.15) is 5.82 Å². The van der Waals surface area contributed by atoms with Crippen LogP contribution in [-0.2, 0) is 4.79 Å². The van der Waals surface area contributed by atoms with Gasteiger partial charge in [0.15, 0.2) is 5.69 Å². The molecular weight excluding hydrogens is 327 g/mol. The number of carbonyl (C=O) groups excluding carboxylic acids is 1. The van der Waals surface area contributed by atoms with Gasteiger partial charge in [0.05, 0.1) is 11.9 Å². The van der Waals surface area contributed by atoms with Gasteiger partial charge in [-0.2, -0.15) is 0 Å². The zero-order chi connectivity index (χ0) is 17.8. The van der Waals surface area contributed by atoms with E-state index in [1.54, 1.807) is 17.0 Å². The quantitative estimate of drug-likeness (QED) is 0.896.